The van der Waals surface area contributed by atoms with E-state index < -0.39 is 0 Å². The summed E-state index contributed by atoms with van der Waals surface area (Å²) in [5.74, 6) is 1.41. The number of hydrogen-bond acceptors (Lipinski definition) is 4. The fourth-order valence-corrected chi connectivity index (χ4v) is 2.07. The molecule has 3 aromatic rings. The van der Waals surface area contributed by atoms with E-state index in [9.17, 15) is 5.11 Å². The standard InChI is InChI=1S/C16H13NO3/c1-19-15-9-5-3-6-11(15)13-10-16(20-17-13)12-7-2-4-8-14(12)18/h2-10,18H,1H3. The molecule has 0 spiro atoms. The molecule has 100 valence electrons. The minimum atomic E-state index is 0.162. The molecule has 1 aromatic heterocycles. The summed E-state index contributed by atoms with van der Waals surface area (Å²) in [6.45, 7) is 0. The Labute approximate surface area is 116 Å². The summed E-state index contributed by atoms with van der Waals surface area (Å²) in [7, 11) is 1.61. The van der Waals surface area contributed by atoms with Crippen LogP contribution >= 0.6 is 0 Å². The molecule has 0 saturated heterocycles. The van der Waals surface area contributed by atoms with Gasteiger partial charge in [0.05, 0.1) is 12.7 Å². The van der Waals surface area contributed by atoms with Crippen LogP contribution < -0.4 is 4.74 Å². The smallest absolute Gasteiger partial charge is 0.171 e. The number of rotatable bonds is 3. The number of methoxy groups -OCH3 is 1. The molecule has 0 aliphatic heterocycles. The van der Waals surface area contributed by atoms with Gasteiger partial charge in [0.15, 0.2) is 5.76 Å². The van der Waals surface area contributed by atoms with E-state index in [1.807, 2.05) is 30.3 Å². The normalized spacial score (nSPS) is 10.4. The molecule has 0 unspecified atom stereocenters. The van der Waals surface area contributed by atoms with E-state index in [-0.39, 0.29) is 5.75 Å². The summed E-state index contributed by atoms with van der Waals surface area (Å²) < 4.78 is 10.6. The van der Waals surface area contributed by atoms with Crippen LogP contribution in [-0.2, 0) is 0 Å². The zero-order valence-electron chi connectivity index (χ0n) is 10.9. The second-order valence-corrected chi connectivity index (χ2v) is 4.29. The molecule has 1 heterocycles. The highest BCUT2D eigenvalue weighted by atomic mass is 16.5. The maximum Gasteiger partial charge on any atom is 0.171 e. The summed E-state index contributed by atoms with van der Waals surface area (Å²) in [5.41, 5.74) is 2.13. The van der Waals surface area contributed by atoms with Crippen LogP contribution in [0.4, 0.5) is 0 Å². The Hall–Kier alpha value is -2.75. The second-order valence-electron chi connectivity index (χ2n) is 4.29. The Kier molecular flexibility index (Phi) is 3.13. The molecule has 2 aromatic carbocycles. The van der Waals surface area contributed by atoms with Crippen LogP contribution in [-0.4, -0.2) is 17.4 Å². The van der Waals surface area contributed by atoms with Gasteiger partial charge < -0.3 is 14.4 Å². The van der Waals surface area contributed by atoms with E-state index in [0.717, 1.165) is 11.3 Å². The average molecular weight is 267 g/mol. The van der Waals surface area contributed by atoms with Crippen LogP contribution in [0.5, 0.6) is 11.5 Å². The van der Waals surface area contributed by atoms with Crippen molar-refractivity contribution in [3.8, 4) is 34.1 Å². The molecule has 4 heteroatoms. The van der Waals surface area contributed by atoms with Crippen molar-refractivity contribution >= 4 is 0 Å². The third-order valence-electron chi connectivity index (χ3n) is 3.06. The van der Waals surface area contributed by atoms with Crippen LogP contribution in [0.2, 0.25) is 0 Å². The van der Waals surface area contributed by atoms with E-state index in [0.29, 0.717) is 17.0 Å². The number of aromatic hydroxyl groups is 1. The predicted octanol–water partition coefficient (Wildman–Crippen LogP) is 3.72. The van der Waals surface area contributed by atoms with Crippen LogP contribution in [0.25, 0.3) is 22.6 Å². The molecular weight excluding hydrogens is 254 g/mol. The van der Waals surface area contributed by atoms with Gasteiger partial charge in [-0.05, 0) is 24.3 Å². The lowest BCUT2D eigenvalue weighted by atomic mass is 10.1. The Balaban J connectivity index is 2.05. The summed E-state index contributed by atoms with van der Waals surface area (Å²) in [5, 5.41) is 13.9. The molecular formula is C16H13NO3. The lowest BCUT2D eigenvalue weighted by Gasteiger charge is -2.03. The van der Waals surface area contributed by atoms with Crippen molar-refractivity contribution in [2.45, 2.75) is 0 Å². The third kappa shape index (κ3) is 2.12. The van der Waals surface area contributed by atoms with Gasteiger partial charge in [-0.3, -0.25) is 0 Å². The largest absolute Gasteiger partial charge is 0.507 e. The molecule has 3 rings (SSSR count). The first-order valence-corrected chi connectivity index (χ1v) is 6.18. The molecule has 0 radical (unpaired) electrons. The zero-order chi connectivity index (χ0) is 13.9. The third-order valence-corrected chi connectivity index (χ3v) is 3.06. The maximum atomic E-state index is 9.83. The highest BCUT2D eigenvalue weighted by Crippen LogP contribution is 2.34. The van der Waals surface area contributed by atoms with Crippen molar-refractivity contribution in [2.24, 2.45) is 0 Å². The van der Waals surface area contributed by atoms with Crippen molar-refractivity contribution in [3.63, 3.8) is 0 Å². The van der Waals surface area contributed by atoms with Crippen molar-refractivity contribution in [3.05, 3.63) is 54.6 Å². The fourth-order valence-electron chi connectivity index (χ4n) is 2.07. The molecule has 0 aliphatic carbocycles. The van der Waals surface area contributed by atoms with Crippen LogP contribution in [0.15, 0.2) is 59.1 Å². The number of phenols is 1. The van der Waals surface area contributed by atoms with Gasteiger partial charge in [-0.25, -0.2) is 0 Å². The Morgan fingerprint density at radius 3 is 2.45 bits per heavy atom. The summed E-state index contributed by atoms with van der Waals surface area (Å²) in [6, 6.07) is 16.3. The summed E-state index contributed by atoms with van der Waals surface area (Å²) in [6.07, 6.45) is 0. The summed E-state index contributed by atoms with van der Waals surface area (Å²) in [4.78, 5) is 0. The van der Waals surface area contributed by atoms with Gasteiger partial charge in [-0.2, -0.15) is 0 Å². The van der Waals surface area contributed by atoms with E-state index in [1.54, 1.807) is 31.4 Å². The quantitative estimate of drug-likeness (QED) is 0.785. The van der Waals surface area contributed by atoms with Crippen molar-refractivity contribution in [1.82, 2.24) is 5.16 Å². The summed E-state index contributed by atoms with van der Waals surface area (Å²) >= 11 is 0. The Bertz CT molecular complexity index is 734. The monoisotopic (exact) mass is 267 g/mol. The predicted molar refractivity (Wildman–Crippen MR) is 75.6 cm³/mol. The first-order valence-electron chi connectivity index (χ1n) is 6.18. The van der Waals surface area contributed by atoms with Gasteiger partial charge in [0, 0.05) is 11.6 Å². The molecule has 20 heavy (non-hydrogen) atoms. The van der Waals surface area contributed by atoms with Crippen LogP contribution in [0.3, 0.4) is 0 Å². The van der Waals surface area contributed by atoms with Gasteiger partial charge in [-0.15, -0.1) is 0 Å². The lowest BCUT2D eigenvalue weighted by Crippen LogP contribution is -1.86. The zero-order valence-corrected chi connectivity index (χ0v) is 10.9. The number of ether oxygens (including phenoxy) is 1. The van der Waals surface area contributed by atoms with Crippen molar-refractivity contribution < 1.29 is 14.4 Å². The first-order chi connectivity index (χ1) is 9.79. The maximum absolute atomic E-state index is 9.83. The fraction of sp³-hybridized carbons (Fsp3) is 0.0625. The second kappa shape index (κ2) is 5.09. The van der Waals surface area contributed by atoms with Gasteiger partial charge in [0.1, 0.15) is 17.2 Å². The highest BCUT2D eigenvalue weighted by Gasteiger charge is 2.13. The molecule has 0 atom stereocenters. The van der Waals surface area contributed by atoms with Gasteiger partial charge in [-0.1, -0.05) is 29.4 Å². The molecule has 0 aliphatic rings. The average Bonchev–Trinajstić information content (AvgIpc) is 2.97. The lowest BCUT2D eigenvalue weighted by molar-refractivity contribution is 0.413. The Morgan fingerprint density at radius 1 is 1.00 bits per heavy atom. The number of phenolic OH excluding ortho intramolecular Hbond substituents is 1. The molecule has 0 fully saturated rings. The van der Waals surface area contributed by atoms with E-state index in [4.69, 9.17) is 9.26 Å². The number of para-hydroxylation sites is 2. The number of hydrogen-bond donors (Lipinski definition) is 1. The molecule has 4 nitrogen and oxygen atoms in total. The highest BCUT2D eigenvalue weighted by molar-refractivity contribution is 5.73. The minimum absolute atomic E-state index is 0.162. The molecule has 1 N–H and O–H groups in total. The van der Waals surface area contributed by atoms with Crippen molar-refractivity contribution in [2.75, 3.05) is 7.11 Å². The number of aromatic nitrogens is 1. The number of benzene rings is 2. The SMILES string of the molecule is COc1ccccc1-c1cc(-c2ccccc2O)on1. The number of nitrogens with zero attached hydrogens (tertiary/aromatic N) is 1. The minimum Gasteiger partial charge on any atom is -0.507 e. The molecule has 0 amide bonds. The van der Waals surface area contributed by atoms with Gasteiger partial charge >= 0.3 is 0 Å². The van der Waals surface area contributed by atoms with Gasteiger partial charge in [0.2, 0.25) is 0 Å². The van der Waals surface area contributed by atoms with Crippen molar-refractivity contribution in [1.29, 1.82) is 0 Å². The molecule has 0 bridgehead atoms. The van der Waals surface area contributed by atoms with E-state index in [1.165, 1.54) is 0 Å². The molecule has 0 saturated carbocycles. The van der Waals surface area contributed by atoms with Crippen LogP contribution in [0.1, 0.15) is 0 Å². The van der Waals surface area contributed by atoms with E-state index in [2.05, 4.69) is 5.16 Å². The van der Waals surface area contributed by atoms with E-state index >= 15 is 0 Å². The van der Waals surface area contributed by atoms with Gasteiger partial charge in [0.25, 0.3) is 0 Å². The topological polar surface area (TPSA) is 55.5 Å². The van der Waals surface area contributed by atoms with Crippen LogP contribution in [0, 0.1) is 0 Å². The first kappa shape index (κ1) is 12.3. The Morgan fingerprint density at radius 2 is 1.70 bits per heavy atom.